The molecule has 1 N–H and O–H groups in total. The number of aliphatic hydroxyl groups is 1. The zero-order valence-corrected chi connectivity index (χ0v) is 20.5. The van der Waals surface area contributed by atoms with E-state index in [0.717, 1.165) is 36.4 Å². The van der Waals surface area contributed by atoms with Gasteiger partial charge in [-0.1, -0.05) is 30.2 Å². The SMILES string of the molecule is C#CCOCC(O)CN(Cc1c(C)nn(-c2ccccc2)c1Oc1cccc(F)c1)CC1CCCO1. The summed E-state index contributed by atoms with van der Waals surface area (Å²) in [5.74, 6) is 2.91. The van der Waals surface area contributed by atoms with Gasteiger partial charge in [-0.3, -0.25) is 4.90 Å². The molecule has 0 aliphatic carbocycles. The quantitative estimate of drug-likeness (QED) is 0.303. The third-order valence-electron chi connectivity index (χ3n) is 5.98. The van der Waals surface area contributed by atoms with Gasteiger partial charge >= 0.3 is 0 Å². The van der Waals surface area contributed by atoms with E-state index in [1.165, 1.54) is 12.1 Å². The summed E-state index contributed by atoms with van der Waals surface area (Å²) < 4.78 is 33.1. The van der Waals surface area contributed by atoms with Crippen molar-refractivity contribution in [2.24, 2.45) is 0 Å². The van der Waals surface area contributed by atoms with E-state index >= 15 is 0 Å². The van der Waals surface area contributed by atoms with Gasteiger partial charge in [0.05, 0.1) is 35.8 Å². The molecule has 0 spiro atoms. The maximum atomic E-state index is 13.9. The van der Waals surface area contributed by atoms with Crippen LogP contribution in [0.25, 0.3) is 5.69 Å². The standard InChI is InChI=1S/C28H32FN3O4/c1-3-14-34-20-24(33)17-31(18-26-13-8-15-35-26)19-27-21(2)30-32(23-10-5-4-6-11-23)28(27)36-25-12-7-9-22(29)16-25/h1,4-7,9-12,16,24,26,33H,8,13-15,17-20H2,2H3. The van der Waals surface area contributed by atoms with Gasteiger partial charge in [-0.25, -0.2) is 9.07 Å². The first-order valence-corrected chi connectivity index (χ1v) is 12.1. The third kappa shape index (κ3) is 6.93. The number of terminal acetylenes is 1. The number of aliphatic hydroxyl groups excluding tert-OH is 1. The highest BCUT2D eigenvalue weighted by Crippen LogP contribution is 2.32. The fourth-order valence-electron chi connectivity index (χ4n) is 4.32. The van der Waals surface area contributed by atoms with E-state index < -0.39 is 6.10 Å². The topological polar surface area (TPSA) is 69.0 Å². The number of aromatic nitrogens is 2. The molecule has 2 heterocycles. The largest absolute Gasteiger partial charge is 0.438 e. The maximum Gasteiger partial charge on any atom is 0.227 e. The van der Waals surface area contributed by atoms with Crippen LogP contribution in [-0.2, 0) is 16.0 Å². The van der Waals surface area contributed by atoms with Crippen LogP contribution < -0.4 is 4.74 Å². The lowest BCUT2D eigenvalue weighted by Crippen LogP contribution is -2.39. The number of nitrogens with zero attached hydrogens (tertiary/aromatic N) is 3. The average molecular weight is 494 g/mol. The second-order valence-electron chi connectivity index (χ2n) is 8.88. The Bertz CT molecular complexity index is 1160. The van der Waals surface area contributed by atoms with E-state index in [-0.39, 0.29) is 25.1 Å². The number of benzene rings is 2. The summed E-state index contributed by atoms with van der Waals surface area (Å²) in [6, 6.07) is 15.7. The smallest absolute Gasteiger partial charge is 0.227 e. The van der Waals surface area contributed by atoms with Gasteiger partial charge in [0.15, 0.2) is 0 Å². The maximum absolute atomic E-state index is 13.9. The van der Waals surface area contributed by atoms with Gasteiger partial charge in [0.2, 0.25) is 5.88 Å². The molecule has 0 bridgehead atoms. The zero-order valence-electron chi connectivity index (χ0n) is 20.5. The summed E-state index contributed by atoms with van der Waals surface area (Å²) >= 11 is 0. The first kappa shape index (κ1) is 25.9. The van der Waals surface area contributed by atoms with Crippen molar-refractivity contribution in [3.8, 4) is 29.7 Å². The Morgan fingerprint density at radius 1 is 1.28 bits per heavy atom. The van der Waals surface area contributed by atoms with E-state index in [4.69, 9.17) is 25.7 Å². The Hall–Kier alpha value is -3.22. The summed E-state index contributed by atoms with van der Waals surface area (Å²) in [7, 11) is 0. The average Bonchev–Trinajstić information content (AvgIpc) is 3.48. The van der Waals surface area contributed by atoms with Gasteiger partial charge in [-0.15, -0.1) is 6.42 Å². The number of para-hydroxylation sites is 1. The highest BCUT2D eigenvalue weighted by Gasteiger charge is 2.26. The number of halogens is 1. The molecule has 1 fully saturated rings. The van der Waals surface area contributed by atoms with Crippen LogP contribution in [0.2, 0.25) is 0 Å². The molecule has 1 saturated heterocycles. The molecule has 2 atom stereocenters. The fraction of sp³-hybridized carbons (Fsp3) is 0.393. The Morgan fingerprint density at radius 2 is 2.11 bits per heavy atom. The minimum absolute atomic E-state index is 0.0842. The van der Waals surface area contributed by atoms with Crippen molar-refractivity contribution < 1.29 is 23.7 Å². The lowest BCUT2D eigenvalue weighted by atomic mass is 10.1. The van der Waals surface area contributed by atoms with E-state index in [1.54, 1.807) is 16.8 Å². The Kier molecular flexibility index (Phi) is 9.09. The molecule has 7 nitrogen and oxygen atoms in total. The molecule has 0 saturated carbocycles. The Labute approximate surface area is 211 Å². The van der Waals surface area contributed by atoms with Gasteiger partial charge < -0.3 is 19.3 Å². The van der Waals surface area contributed by atoms with Crippen molar-refractivity contribution in [2.45, 2.75) is 38.5 Å². The molecule has 36 heavy (non-hydrogen) atoms. The highest BCUT2D eigenvalue weighted by atomic mass is 19.1. The molecule has 0 amide bonds. The number of hydrogen-bond donors (Lipinski definition) is 1. The van der Waals surface area contributed by atoms with Crippen LogP contribution in [0, 0.1) is 25.1 Å². The predicted octanol–water partition coefficient (Wildman–Crippen LogP) is 4.10. The molecule has 8 heteroatoms. The van der Waals surface area contributed by atoms with Crippen LogP contribution in [0.5, 0.6) is 11.6 Å². The molecular weight excluding hydrogens is 461 g/mol. The first-order chi connectivity index (χ1) is 17.5. The fourth-order valence-corrected chi connectivity index (χ4v) is 4.32. The van der Waals surface area contributed by atoms with E-state index in [9.17, 15) is 9.50 Å². The van der Waals surface area contributed by atoms with Gasteiger partial charge in [0.25, 0.3) is 0 Å². The van der Waals surface area contributed by atoms with Gasteiger partial charge in [0.1, 0.15) is 18.2 Å². The van der Waals surface area contributed by atoms with Crippen LogP contribution in [0.15, 0.2) is 54.6 Å². The number of rotatable bonds is 12. The normalized spacial score (nSPS) is 16.2. The van der Waals surface area contributed by atoms with Crippen LogP contribution in [0.3, 0.4) is 0 Å². The van der Waals surface area contributed by atoms with Crippen molar-refractivity contribution in [3.05, 3.63) is 71.7 Å². The van der Waals surface area contributed by atoms with E-state index in [2.05, 4.69) is 10.8 Å². The monoisotopic (exact) mass is 493 g/mol. The summed E-state index contributed by atoms with van der Waals surface area (Å²) in [4.78, 5) is 2.12. The van der Waals surface area contributed by atoms with Crippen LogP contribution >= 0.6 is 0 Å². The summed E-state index contributed by atoms with van der Waals surface area (Å²) in [5, 5.41) is 15.4. The summed E-state index contributed by atoms with van der Waals surface area (Å²) in [6.45, 7) is 4.41. The Morgan fingerprint density at radius 3 is 2.83 bits per heavy atom. The lowest BCUT2D eigenvalue weighted by Gasteiger charge is -2.27. The number of ether oxygens (including phenoxy) is 3. The molecule has 190 valence electrons. The van der Waals surface area contributed by atoms with Crippen molar-refractivity contribution in [1.29, 1.82) is 0 Å². The Balaban J connectivity index is 1.64. The molecule has 3 aromatic rings. The predicted molar refractivity (Wildman–Crippen MR) is 135 cm³/mol. The van der Waals surface area contributed by atoms with Crippen LogP contribution in [0.4, 0.5) is 4.39 Å². The van der Waals surface area contributed by atoms with Crippen LogP contribution in [-0.4, -0.2) is 64.9 Å². The lowest BCUT2D eigenvalue weighted by molar-refractivity contribution is 0.00935. The minimum Gasteiger partial charge on any atom is -0.438 e. The summed E-state index contributed by atoms with van der Waals surface area (Å²) in [5.41, 5.74) is 2.45. The van der Waals surface area contributed by atoms with Crippen molar-refractivity contribution >= 4 is 0 Å². The molecule has 0 radical (unpaired) electrons. The summed E-state index contributed by atoms with van der Waals surface area (Å²) in [6.07, 6.45) is 6.60. The highest BCUT2D eigenvalue weighted by molar-refractivity contribution is 5.43. The molecular formula is C28H32FN3O4. The van der Waals surface area contributed by atoms with E-state index in [0.29, 0.717) is 31.3 Å². The van der Waals surface area contributed by atoms with Crippen molar-refractivity contribution in [3.63, 3.8) is 0 Å². The van der Waals surface area contributed by atoms with Gasteiger partial charge in [-0.2, -0.15) is 5.10 Å². The van der Waals surface area contributed by atoms with Crippen LogP contribution in [0.1, 0.15) is 24.1 Å². The number of aryl methyl sites for hydroxylation is 1. The second-order valence-corrected chi connectivity index (χ2v) is 8.88. The first-order valence-electron chi connectivity index (χ1n) is 12.1. The second kappa shape index (κ2) is 12.7. The van der Waals surface area contributed by atoms with E-state index in [1.807, 2.05) is 37.3 Å². The molecule has 1 aromatic heterocycles. The third-order valence-corrected chi connectivity index (χ3v) is 5.98. The number of hydrogen-bond acceptors (Lipinski definition) is 6. The minimum atomic E-state index is -0.725. The molecule has 1 aliphatic rings. The van der Waals surface area contributed by atoms with Crippen molar-refractivity contribution in [1.82, 2.24) is 14.7 Å². The molecule has 2 aromatic carbocycles. The zero-order chi connectivity index (χ0) is 25.3. The molecule has 4 rings (SSSR count). The van der Waals surface area contributed by atoms with Gasteiger partial charge in [0, 0.05) is 32.3 Å². The molecule has 2 unspecified atom stereocenters. The van der Waals surface area contributed by atoms with Gasteiger partial charge in [-0.05, 0) is 44.0 Å². The molecule has 1 aliphatic heterocycles. The van der Waals surface area contributed by atoms with Crippen molar-refractivity contribution in [2.75, 3.05) is 32.9 Å².